The van der Waals surface area contributed by atoms with Gasteiger partial charge >= 0.3 is 5.63 Å². The predicted octanol–water partition coefficient (Wildman–Crippen LogP) is 5.04. The monoisotopic (exact) mass is 402 g/mol. The van der Waals surface area contributed by atoms with Crippen LogP contribution in [0, 0.1) is 6.92 Å². The van der Waals surface area contributed by atoms with Gasteiger partial charge in [0.15, 0.2) is 6.61 Å². The summed E-state index contributed by atoms with van der Waals surface area (Å²) in [5, 5.41) is 9.57. The van der Waals surface area contributed by atoms with Crippen molar-refractivity contribution in [1.29, 1.82) is 0 Å². The Morgan fingerprint density at radius 3 is 2.67 bits per heavy atom. The molecule has 8 heteroatoms. The van der Waals surface area contributed by atoms with E-state index in [9.17, 15) is 4.79 Å². The molecular weight excluding hydrogens is 391 g/mol. The van der Waals surface area contributed by atoms with Crippen molar-refractivity contribution in [3.63, 3.8) is 0 Å². The van der Waals surface area contributed by atoms with Crippen LogP contribution in [0.5, 0.6) is 5.75 Å². The molecule has 2 aromatic heterocycles. The molecule has 136 valence electrons. The molecule has 27 heavy (non-hydrogen) atoms. The maximum Gasteiger partial charge on any atom is 0.336 e. The van der Waals surface area contributed by atoms with Crippen molar-refractivity contribution >= 4 is 34.2 Å². The van der Waals surface area contributed by atoms with Crippen molar-refractivity contribution in [3.05, 3.63) is 74.4 Å². The van der Waals surface area contributed by atoms with Crippen LogP contribution < -0.4 is 10.4 Å². The first-order valence-corrected chi connectivity index (χ1v) is 8.71. The first-order valence-electron chi connectivity index (χ1n) is 7.95. The van der Waals surface area contributed by atoms with E-state index in [0.717, 1.165) is 10.9 Å². The molecule has 0 spiro atoms. The standard InChI is InChI=1S/C19H12Cl2N2O4/c1-10-6-18(24)26-15-8-16(14(21)7-12(10)15)25-9-17-22-23-19(27-17)11-4-2-3-5-13(11)20/h2-8H,9H2,1H3. The van der Waals surface area contributed by atoms with E-state index in [2.05, 4.69) is 10.2 Å². The van der Waals surface area contributed by atoms with E-state index < -0.39 is 5.63 Å². The zero-order valence-electron chi connectivity index (χ0n) is 14.0. The molecule has 0 fully saturated rings. The normalized spacial score (nSPS) is 11.1. The van der Waals surface area contributed by atoms with Crippen LogP contribution in [-0.2, 0) is 6.61 Å². The molecule has 0 saturated heterocycles. The molecule has 0 aliphatic rings. The van der Waals surface area contributed by atoms with Crippen molar-refractivity contribution in [3.8, 4) is 17.2 Å². The van der Waals surface area contributed by atoms with Crippen LogP contribution in [0.3, 0.4) is 0 Å². The fraction of sp³-hybridized carbons (Fsp3) is 0.105. The zero-order valence-corrected chi connectivity index (χ0v) is 15.5. The summed E-state index contributed by atoms with van der Waals surface area (Å²) >= 11 is 12.4. The third-order valence-corrected chi connectivity index (χ3v) is 4.55. The number of halogens is 2. The van der Waals surface area contributed by atoms with Crippen molar-refractivity contribution in [2.24, 2.45) is 0 Å². The minimum atomic E-state index is -0.436. The quantitative estimate of drug-likeness (QED) is 0.445. The van der Waals surface area contributed by atoms with Gasteiger partial charge in [-0.05, 0) is 30.7 Å². The highest BCUT2D eigenvalue weighted by atomic mass is 35.5. The largest absolute Gasteiger partial charge is 0.482 e. The molecule has 0 N–H and O–H groups in total. The van der Waals surface area contributed by atoms with E-state index in [1.54, 1.807) is 24.3 Å². The molecule has 0 aliphatic heterocycles. The second kappa shape index (κ2) is 7.06. The lowest BCUT2D eigenvalue weighted by molar-refractivity contribution is 0.264. The van der Waals surface area contributed by atoms with E-state index in [1.165, 1.54) is 6.07 Å². The first-order chi connectivity index (χ1) is 13.0. The van der Waals surface area contributed by atoms with Crippen LogP contribution in [0.1, 0.15) is 11.5 Å². The Bertz CT molecular complexity index is 1200. The summed E-state index contributed by atoms with van der Waals surface area (Å²) in [5.74, 6) is 0.896. The summed E-state index contributed by atoms with van der Waals surface area (Å²) in [5.41, 5.74) is 1.37. The van der Waals surface area contributed by atoms with Crippen LogP contribution in [0.2, 0.25) is 10.0 Å². The third kappa shape index (κ3) is 3.54. The van der Waals surface area contributed by atoms with Gasteiger partial charge in [-0.3, -0.25) is 0 Å². The lowest BCUT2D eigenvalue weighted by Gasteiger charge is -2.08. The van der Waals surface area contributed by atoms with Gasteiger partial charge in [0.05, 0.1) is 15.6 Å². The summed E-state index contributed by atoms with van der Waals surface area (Å²) in [7, 11) is 0. The molecule has 2 aromatic carbocycles. The van der Waals surface area contributed by atoms with Gasteiger partial charge in [0.2, 0.25) is 5.89 Å². The van der Waals surface area contributed by atoms with Gasteiger partial charge in [-0.25, -0.2) is 4.79 Å². The maximum absolute atomic E-state index is 11.6. The molecule has 6 nitrogen and oxygen atoms in total. The van der Waals surface area contributed by atoms with Crippen LogP contribution in [-0.4, -0.2) is 10.2 Å². The lowest BCUT2D eigenvalue weighted by Crippen LogP contribution is -2.00. The minimum absolute atomic E-state index is 0.00126. The number of rotatable bonds is 4. The van der Waals surface area contributed by atoms with Crippen LogP contribution in [0.25, 0.3) is 22.4 Å². The Labute approximate surface area is 163 Å². The Morgan fingerprint density at radius 2 is 1.85 bits per heavy atom. The highest BCUT2D eigenvalue weighted by molar-refractivity contribution is 6.33. The summed E-state index contributed by atoms with van der Waals surface area (Å²) in [4.78, 5) is 11.6. The predicted molar refractivity (Wildman–Crippen MR) is 101 cm³/mol. The molecule has 0 unspecified atom stereocenters. The molecule has 0 bridgehead atoms. The molecule has 4 rings (SSSR count). The van der Waals surface area contributed by atoms with E-state index in [4.69, 9.17) is 36.8 Å². The average molecular weight is 403 g/mol. The SMILES string of the molecule is Cc1cc(=O)oc2cc(OCc3nnc(-c4ccccc4Cl)o3)c(Cl)cc12. The van der Waals surface area contributed by atoms with Gasteiger partial charge in [0.25, 0.3) is 5.89 Å². The Kier molecular flexibility index (Phi) is 4.59. The highest BCUT2D eigenvalue weighted by Gasteiger charge is 2.14. The van der Waals surface area contributed by atoms with Crippen LogP contribution in [0.4, 0.5) is 0 Å². The number of fused-ring (bicyclic) bond motifs is 1. The van der Waals surface area contributed by atoms with Crippen LogP contribution >= 0.6 is 23.2 Å². The van der Waals surface area contributed by atoms with Crippen molar-refractivity contribution in [1.82, 2.24) is 10.2 Å². The van der Waals surface area contributed by atoms with Gasteiger partial charge in [0, 0.05) is 17.5 Å². The second-order valence-electron chi connectivity index (χ2n) is 5.80. The molecule has 0 amide bonds. The van der Waals surface area contributed by atoms with Gasteiger partial charge in [-0.1, -0.05) is 35.3 Å². The molecule has 2 heterocycles. The van der Waals surface area contributed by atoms with E-state index >= 15 is 0 Å². The topological polar surface area (TPSA) is 78.4 Å². The summed E-state index contributed by atoms with van der Waals surface area (Å²) in [6.45, 7) is 1.81. The summed E-state index contributed by atoms with van der Waals surface area (Å²) in [6, 6.07) is 11.8. The number of hydrogen-bond donors (Lipinski definition) is 0. The Hall–Kier alpha value is -2.83. The third-order valence-electron chi connectivity index (χ3n) is 3.93. The van der Waals surface area contributed by atoms with Gasteiger partial charge in [-0.15, -0.1) is 10.2 Å². The lowest BCUT2D eigenvalue weighted by atomic mass is 10.1. The van der Waals surface area contributed by atoms with Crippen molar-refractivity contribution < 1.29 is 13.6 Å². The van der Waals surface area contributed by atoms with Gasteiger partial charge < -0.3 is 13.6 Å². The fourth-order valence-corrected chi connectivity index (χ4v) is 3.06. The van der Waals surface area contributed by atoms with E-state index in [0.29, 0.717) is 32.8 Å². The average Bonchev–Trinajstić information content (AvgIpc) is 3.10. The molecule has 0 saturated carbocycles. The van der Waals surface area contributed by atoms with Gasteiger partial charge in [0.1, 0.15) is 11.3 Å². The number of aryl methyl sites for hydroxylation is 1. The summed E-state index contributed by atoms with van der Waals surface area (Å²) in [6.07, 6.45) is 0. The molecular formula is C19H12Cl2N2O4. The second-order valence-corrected chi connectivity index (χ2v) is 6.61. The van der Waals surface area contributed by atoms with Gasteiger partial charge in [-0.2, -0.15) is 0 Å². The number of benzene rings is 2. The number of hydrogen-bond acceptors (Lipinski definition) is 6. The maximum atomic E-state index is 11.6. The Morgan fingerprint density at radius 1 is 1.04 bits per heavy atom. The summed E-state index contributed by atoms with van der Waals surface area (Å²) < 4.78 is 16.5. The number of ether oxygens (including phenoxy) is 1. The smallest absolute Gasteiger partial charge is 0.336 e. The molecule has 4 aromatic rings. The van der Waals surface area contributed by atoms with E-state index in [-0.39, 0.29) is 12.5 Å². The van der Waals surface area contributed by atoms with E-state index in [1.807, 2.05) is 19.1 Å². The van der Waals surface area contributed by atoms with Crippen molar-refractivity contribution in [2.75, 3.05) is 0 Å². The number of aromatic nitrogens is 2. The molecule has 0 radical (unpaired) electrons. The molecule has 0 aliphatic carbocycles. The highest BCUT2D eigenvalue weighted by Crippen LogP contribution is 2.32. The number of nitrogens with zero attached hydrogens (tertiary/aromatic N) is 2. The van der Waals surface area contributed by atoms with Crippen molar-refractivity contribution in [2.45, 2.75) is 13.5 Å². The Balaban J connectivity index is 1.58. The molecule has 0 atom stereocenters. The fourth-order valence-electron chi connectivity index (χ4n) is 2.63. The van der Waals surface area contributed by atoms with Crippen LogP contribution in [0.15, 0.2) is 56.1 Å². The first kappa shape index (κ1) is 17.6. The zero-order chi connectivity index (χ0) is 19.0. The minimum Gasteiger partial charge on any atom is -0.482 e.